The topological polar surface area (TPSA) is 67.2 Å². The lowest BCUT2D eigenvalue weighted by atomic mass is 9.34. The summed E-state index contributed by atoms with van der Waals surface area (Å²) in [6.07, 6.45) is 14.0. The van der Waals surface area contributed by atoms with Crippen molar-refractivity contribution in [1.29, 1.82) is 5.26 Å². The highest BCUT2D eigenvalue weighted by Gasteiger charge is 2.68. The number of hydrogen-bond acceptors (Lipinski definition) is 4. The fourth-order valence-corrected chi connectivity index (χ4v) is 10.4. The van der Waals surface area contributed by atoms with Crippen LogP contribution in [0.2, 0.25) is 0 Å². The first-order chi connectivity index (χ1) is 17.3. The lowest BCUT2D eigenvalue weighted by Crippen LogP contribution is -2.64. The molecule has 3 saturated carbocycles. The quantitative estimate of drug-likeness (QED) is 0.378. The van der Waals surface area contributed by atoms with Crippen LogP contribution in [0.15, 0.2) is 23.3 Å². The molecule has 3 fully saturated rings. The minimum atomic E-state index is -0.423. The summed E-state index contributed by atoms with van der Waals surface area (Å²) < 4.78 is 5.45. The van der Waals surface area contributed by atoms with Crippen LogP contribution in [0.5, 0.6) is 0 Å². The molecule has 1 unspecified atom stereocenters. The van der Waals surface area contributed by atoms with Crippen LogP contribution in [-0.2, 0) is 14.3 Å². The summed E-state index contributed by atoms with van der Waals surface area (Å²) in [7, 11) is 1.79. The molecule has 0 aromatic carbocycles. The third-order valence-corrected chi connectivity index (χ3v) is 12.7. The number of hydrogen-bond donors (Lipinski definition) is 0. The second-order valence-corrected chi connectivity index (χ2v) is 14.9. The van der Waals surface area contributed by atoms with Crippen molar-refractivity contribution in [2.45, 2.75) is 99.3 Å². The molecule has 0 aromatic heterocycles. The number of Topliss-reactive ketones (excluding diaryl/α,β-unsaturated/α-hetero) is 1. The molecule has 8 atom stereocenters. The molecule has 0 saturated heterocycles. The first kappa shape index (κ1) is 26.9. The van der Waals surface area contributed by atoms with Crippen molar-refractivity contribution in [2.24, 2.45) is 50.7 Å². The predicted molar refractivity (Wildman–Crippen MR) is 145 cm³/mol. The fraction of sp³-hybridized carbons (Fsp3) is 0.788. The van der Waals surface area contributed by atoms with Crippen LogP contribution in [-0.4, -0.2) is 25.3 Å². The summed E-state index contributed by atoms with van der Waals surface area (Å²) in [6, 6.07) is 2.19. The van der Waals surface area contributed by atoms with Crippen molar-refractivity contribution in [3.63, 3.8) is 0 Å². The zero-order valence-electron chi connectivity index (χ0n) is 24.2. The van der Waals surface area contributed by atoms with Gasteiger partial charge >= 0.3 is 0 Å². The molecule has 0 aromatic rings. The van der Waals surface area contributed by atoms with Crippen molar-refractivity contribution in [1.82, 2.24) is 0 Å². The van der Waals surface area contributed by atoms with E-state index in [1.165, 1.54) is 24.8 Å². The zero-order valence-corrected chi connectivity index (χ0v) is 24.2. The van der Waals surface area contributed by atoms with Gasteiger partial charge in [0.15, 0.2) is 11.6 Å². The second kappa shape index (κ2) is 8.64. The third-order valence-electron chi connectivity index (χ3n) is 12.7. The molecule has 5 rings (SSSR count). The summed E-state index contributed by atoms with van der Waals surface area (Å²) in [4.78, 5) is 27.4. The van der Waals surface area contributed by atoms with E-state index in [9.17, 15) is 14.9 Å². The Morgan fingerprint density at radius 3 is 2.41 bits per heavy atom. The summed E-state index contributed by atoms with van der Waals surface area (Å²) >= 11 is 0. The molecule has 0 bridgehead atoms. The predicted octanol–water partition coefficient (Wildman–Crippen LogP) is 7.24. The Morgan fingerprint density at radius 2 is 1.73 bits per heavy atom. The van der Waals surface area contributed by atoms with Crippen LogP contribution in [0.4, 0.5) is 0 Å². The van der Waals surface area contributed by atoms with E-state index in [1.54, 1.807) is 7.11 Å². The number of allylic oxidation sites excluding steroid dienone is 4. The van der Waals surface area contributed by atoms with Gasteiger partial charge in [0, 0.05) is 31.0 Å². The van der Waals surface area contributed by atoms with Crippen molar-refractivity contribution in [3.05, 3.63) is 23.3 Å². The highest BCUT2D eigenvalue weighted by molar-refractivity contribution is 6.02. The van der Waals surface area contributed by atoms with Crippen molar-refractivity contribution in [3.8, 4) is 6.07 Å². The number of nitriles is 1. The van der Waals surface area contributed by atoms with Gasteiger partial charge in [-0.25, -0.2) is 0 Å². The van der Waals surface area contributed by atoms with Crippen molar-refractivity contribution in [2.75, 3.05) is 13.7 Å². The molecule has 0 N–H and O–H groups in total. The zero-order chi connectivity index (χ0) is 27.0. The maximum Gasteiger partial charge on any atom is 0.176 e. The third kappa shape index (κ3) is 3.62. The Labute approximate surface area is 224 Å². The number of fused-ring (bicyclic) bond motifs is 7. The smallest absolute Gasteiger partial charge is 0.176 e. The highest BCUT2D eigenvalue weighted by atomic mass is 16.5. The molecule has 4 heteroatoms. The minimum absolute atomic E-state index is 0.0247. The SMILES string of the molecule is COCCC[C@]12CCC(C)(C)CC1[C@@H]1C(=O)C=C3[C@@]4(C)C=C(C#N)C(=O)[C@@H](C)[C@@H]4CC[C@@]3(C)[C@]1(C)CC2. The van der Waals surface area contributed by atoms with Crippen molar-refractivity contribution >= 4 is 11.6 Å². The van der Waals surface area contributed by atoms with Crippen LogP contribution in [0.1, 0.15) is 99.3 Å². The van der Waals surface area contributed by atoms with Gasteiger partial charge in [-0.3, -0.25) is 9.59 Å². The highest BCUT2D eigenvalue weighted by Crippen LogP contribution is 2.74. The van der Waals surface area contributed by atoms with Crippen LogP contribution in [0.3, 0.4) is 0 Å². The van der Waals surface area contributed by atoms with E-state index in [4.69, 9.17) is 4.74 Å². The van der Waals surface area contributed by atoms with Gasteiger partial charge in [0.1, 0.15) is 6.07 Å². The van der Waals surface area contributed by atoms with E-state index in [0.29, 0.717) is 11.7 Å². The molecule has 37 heavy (non-hydrogen) atoms. The molecule has 4 nitrogen and oxygen atoms in total. The van der Waals surface area contributed by atoms with E-state index < -0.39 is 5.41 Å². The number of methoxy groups -OCH3 is 1. The van der Waals surface area contributed by atoms with Crippen LogP contribution < -0.4 is 0 Å². The van der Waals surface area contributed by atoms with Crippen LogP contribution in [0, 0.1) is 62.1 Å². The minimum Gasteiger partial charge on any atom is -0.385 e. The van der Waals surface area contributed by atoms with E-state index in [0.717, 1.165) is 45.1 Å². The van der Waals surface area contributed by atoms with Gasteiger partial charge in [0.2, 0.25) is 0 Å². The number of carbonyl (C=O) groups excluding carboxylic acids is 2. The Morgan fingerprint density at radius 1 is 1.03 bits per heavy atom. The van der Waals surface area contributed by atoms with Gasteiger partial charge in [-0.2, -0.15) is 5.26 Å². The molecule has 0 amide bonds. The average Bonchev–Trinajstić information content (AvgIpc) is 2.83. The van der Waals surface area contributed by atoms with Gasteiger partial charge in [0.25, 0.3) is 0 Å². The molecular weight excluding hydrogens is 458 g/mol. The molecule has 202 valence electrons. The van der Waals surface area contributed by atoms with E-state index in [1.807, 2.05) is 19.1 Å². The summed E-state index contributed by atoms with van der Waals surface area (Å²) in [5.41, 5.74) is 1.32. The fourth-order valence-electron chi connectivity index (χ4n) is 10.4. The standard InChI is InChI=1S/C33H47NO3/c1-21-23-9-11-31(5)26(30(23,4)18-22(20-34)28(21)36)17-25(35)27-24-19-29(2,3)12-14-33(24,10-8-16-37-7)15-13-32(27,31)6/h17-18,21,23-24,27H,8-16,19H2,1-7H3/t21-,23-,24?,27+,30-,31+,32+,33+/m0/s1. The summed E-state index contributed by atoms with van der Waals surface area (Å²) in [6.45, 7) is 14.6. The van der Waals surface area contributed by atoms with E-state index in [2.05, 4.69) is 40.7 Å². The number of rotatable bonds is 4. The van der Waals surface area contributed by atoms with Gasteiger partial charge in [0.05, 0.1) is 5.57 Å². The van der Waals surface area contributed by atoms with Gasteiger partial charge < -0.3 is 4.74 Å². The molecule has 5 aliphatic rings. The maximum absolute atomic E-state index is 14.4. The van der Waals surface area contributed by atoms with Gasteiger partial charge in [-0.15, -0.1) is 0 Å². The normalized spacial score (nSPS) is 46.4. The van der Waals surface area contributed by atoms with Crippen molar-refractivity contribution < 1.29 is 14.3 Å². The Balaban J connectivity index is 1.63. The van der Waals surface area contributed by atoms with Crippen LogP contribution >= 0.6 is 0 Å². The first-order valence-electron chi connectivity index (χ1n) is 14.7. The molecular formula is C33H47NO3. The van der Waals surface area contributed by atoms with E-state index in [-0.39, 0.29) is 50.8 Å². The lowest BCUT2D eigenvalue weighted by molar-refractivity contribution is -0.171. The molecule has 0 spiro atoms. The van der Waals surface area contributed by atoms with E-state index >= 15 is 0 Å². The second-order valence-electron chi connectivity index (χ2n) is 14.9. The Hall–Kier alpha value is -1.73. The molecule has 5 aliphatic carbocycles. The first-order valence-corrected chi connectivity index (χ1v) is 14.7. The molecule has 0 radical (unpaired) electrons. The van der Waals surface area contributed by atoms with Gasteiger partial charge in [-0.05, 0) is 97.4 Å². The lowest BCUT2D eigenvalue weighted by Gasteiger charge is -2.69. The number of carbonyl (C=O) groups is 2. The number of ether oxygens (including phenoxy) is 1. The number of nitrogens with zero attached hydrogens (tertiary/aromatic N) is 1. The average molecular weight is 506 g/mol. The number of ketones is 2. The van der Waals surface area contributed by atoms with Gasteiger partial charge in [-0.1, -0.05) is 53.2 Å². The Bertz CT molecular complexity index is 1110. The monoisotopic (exact) mass is 505 g/mol. The largest absolute Gasteiger partial charge is 0.385 e. The Kier molecular flexibility index (Phi) is 6.27. The summed E-state index contributed by atoms with van der Waals surface area (Å²) in [5, 5.41) is 9.80. The maximum atomic E-state index is 14.4. The molecule has 0 aliphatic heterocycles. The molecule has 0 heterocycles. The van der Waals surface area contributed by atoms with Crippen LogP contribution in [0.25, 0.3) is 0 Å². The summed E-state index contributed by atoms with van der Waals surface area (Å²) in [5.74, 6) is 0.690.